The lowest BCUT2D eigenvalue weighted by Gasteiger charge is -2.28. The van der Waals surface area contributed by atoms with E-state index in [2.05, 4.69) is 4.72 Å². The third-order valence-electron chi connectivity index (χ3n) is 5.02. The molecule has 1 aromatic carbocycles. The summed E-state index contributed by atoms with van der Waals surface area (Å²) in [6.07, 6.45) is 3.49. The largest absolute Gasteiger partial charge is 0.388 e. The van der Waals surface area contributed by atoms with Crippen molar-refractivity contribution in [2.24, 2.45) is 0 Å². The van der Waals surface area contributed by atoms with Gasteiger partial charge in [0.2, 0.25) is 10.0 Å². The highest BCUT2D eigenvalue weighted by atomic mass is 32.2. The van der Waals surface area contributed by atoms with E-state index in [1.165, 1.54) is 24.3 Å². The summed E-state index contributed by atoms with van der Waals surface area (Å²) in [5.74, 6) is 0. The molecule has 138 valence electrons. The van der Waals surface area contributed by atoms with E-state index < -0.39 is 16.1 Å². The molecule has 0 bridgehead atoms. The van der Waals surface area contributed by atoms with Gasteiger partial charge in [0.1, 0.15) is 0 Å². The highest BCUT2D eigenvalue weighted by molar-refractivity contribution is 7.89. The predicted molar refractivity (Wildman–Crippen MR) is 101 cm³/mol. The SMILES string of the molecule is C[C@H](O)c1ccc(C2(CNS(=O)(=O)c3ccc(C#N)cc3)CCCC2)s1. The Kier molecular flexibility index (Phi) is 5.49. The van der Waals surface area contributed by atoms with Crippen molar-refractivity contribution in [1.29, 1.82) is 5.26 Å². The van der Waals surface area contributed by atoms with Crippen LogP contribution in [0.3, 0.4) is 0 Å². The van der Waals surface area contributed by atoms with Gasteiger partial charge in [-0.1, -0.05) is 12.8 Å². The molecule has 26 heavy (non-hydrogen) atoms. The first-order chi connectivity index (χ1) is 12.4. The molecule has 1 saturated carbocycles. The zero-order valence-electron chi connectivity index (χ0n) is 14.6. The molecule has 0 amide bonds. The number of hydrogen-bond acceptors (Lipinski definition) is 5. The van der Waals surface area contributed by atoms with Crippen molar-refractivity contribution >= 4 is 21.4 Å². The first kappa shape index (κ1) is 19.1. The molecule has 3 rings (SSSR count). The molecule has 2 N–H and O–H groups in total. The van der Waals surface area contributed by atoms with Crippen LogP contribution in [0.1, 0.15) is 54.0 Å². The number of nitriles is 1. The summed E-state index contributed by atoms with van der Waals surface area (Å²) in [4.78, 5) is 2.20. The van der Waals surface area contributed by atoms with E-state index in [4.69, 9.17) is 5.26 Å². The molecule has 1 heterocycles. The average molecular weight is 391 g/mol. The van der Waals surface area contributed by atoms with Crippen molar-refractivity contribution in [2.75, 3.05) is 6.54 Å². The molecule has 1 aromatic heterocycles. The van der Waals surface area contributed by atoms with Crippen LogP contribution >= 0.6 is 11.3 Å². The van der Waals surface area contributed by atoms with Gasteiger partial charge in [-0.3, -0.25) is 0 Å². The van der Waals surface area contributed by atoms with Gasteiger partial charge in [0.25, 0.3) is 0 Å². The Morgan fingerprint density at radius 3 is 2.42 bits per heavy atom. The second-order valence-electron chi connectivity index (χ2n) is 6.83. The summed E-state index contributed by atoms with van der Waals surface area (Å²) in [5.41, 5.74) is 0.220. The van der Waals surface area contributed by atoms with Crippen molar-refractivity contribution in [3.63, 3.8) is 0 Å². The minimum absolute atomic E-state index is 0.167. The van der Waals surface area contributed by atoms with E-state index in [1.54, 1.807) is 18.3 Å². The number of rotatable bonds is 6. The molecule has 0 unspecified atom stereocenters. The molecular weight excluding hydrogens is 368 g/mol. The van der Waals surface area contributed by atoms with Crippen LogP contribution in [-0.4, -0.2) is 20.1 Å². The number of benzene rings is 1. The summed E-state index contributed by atoms with van der Waals surface area (Å²) in [6.45, 7) is 2.08. The Morgan fingerprint density at radius 2 is 1.88 bits per heavy atom. The lowest BCUT2D eigenvalue weighted by Crippen LogP contribution is -2.38. The molecule has 0 radical (unpaired) electrons. The minimum Gasteiger partial charge on any atom is -0.388 e. The number of nitrogens with zero attached hydrogens (tertiary/aromatic N) is 1. The highest BCUT2D eigenvalue weighted by Crippen LogP contribution is 2.44. The summed E-state index contributed by atoms with van der Waals surface area (Å²) < 4.78 is 28.1. The Balaban J connectivity index is 1.80. The first-order valence-electron chi connectivity index (χ1n) is 8.64. The van der Waals surface area contributed by atoms with Crippen molar-refractivity contribution in [2.45, 2.75) is 49.0 Å². The fourth-order valence-corrected chi connectivity index (χ4v) is 5.77. The fourth-order valence-electron chi connectivity index (χ4n) is 3.45. The number of hydrogen-bond donors (Lipinski definition) is 2. The van der Waals surface area contributed by atoms with Gasteiger partial charge < -0.3 is 5.11 Å². The van der Waals surface area contributed by atoms with Gasteiger partial charge in [0.15, 0.2) is 0 Å². The van der Waals surface area contributed by atoms with Crippen LogP contribution in [0.2, 0.25) is 0 Å². The Labute approximate surface area is 158 Å². The zero-order valence-corrected chi connectivity index (χ0v) is 16.2. The van der Waals surface area contributed by atoms with Gasteiger partial charge >= 0.3 is 0 Å². The second-order valence-corrected chi connectivity index (χ2v) is 9.71. The molecule has 1 aliphatic carbocycles. The number of thiophene rings is 1. The third-order valence-corrected chi connectivity index (χ3v) is 7.94. The van der Waals surface area contributed by atoms with E-state index in [0.717, 1.165) is 35.4 Å². The van der Waals surface area contributed by atoms with E-state index in [0.29, 0.717) is 12.1 Å². The zero-order chi connectivity index (χ0) is 18.8. The van der Waals surface area contributed by atoms with E-state index in [-0.39, 0.29) is 10.3 Å². The van der Waals surface area contributed by atoms with E-state index in [1.807, 2.05) is 18.2 Å². The lowest BCUT2D eigenvalue weighted by atomic mass is 9.85. The standard InChI is InChI=1S/C19H22N2O3S2/c1-14(22)17-8-9-18(25-17)19(10-2-3-11-19)13-21-26(23,24)16-6-4-15(12-20)5-7-16/h4-9,14,21-22H,2-3,10-11,13H2,1H3/t14-/m0/s1. The minimum atomic E-state index is -3.63. The van der Waals surface area contributed by atoms with Crippen LogP contribution < -0.4 is 4.72 Å². The predicted octanol–water partition coefficient (Wildman–Crippen LogP) is 3.46. The second kappa shape index (κ2) is 7.49. The summed E-state index contributed by atoms with van der Waals surface area (Å²) in [6, 6.07) is 11.9. The molecule has 0 spiro atoms. The van der Waals surface area contributed by atoms with Crippen LogP contribution in [0.25, 0.3) is 0 Å². The summed E-state index contributed by atoms with van der Waals surface area (Å²) >= 11 is 1.57. The van der Waals surface area contributed by atoms with E-state index in [9.17, 15) is 13.5 Å². The summed E-state index contributed by atoms with van der Waals surface area (Å²) in [5, 5.41) is 18.6. The van der Waals surface area contributed by atoms with Crippen LogP contribution in [0, 0.1) is 11.3 Å². The Hall–Kier alpha value is -1.72. The maximum atomic E-state index is 12.6. The molecule has 2 aromatic rings. The molecule has 1 atom stereocenters. The lowest BCUT2D eigenvalue weighted by molar-refractivity contribution is 0.203. The number of aliphatic hydroxyl groups excluding tert-OH is 1. The summed E-state index contributed by atoms with van der Waals surface area (Å²) in [7, 11) is -3.63. The number of sulfonamides is 1. The smallest absolute Gasteiger partial charge is 0.240 e. The van der Waals surface area contributed by atoms with Gasteiger partial charge in [-0.2, -0.15) is 5.26 Å². The van der Waals surface area contributed by atoms with Gasteiger partial charge in [-0.15, -0.1) is 11.3 Å². The normalized spacial score (nSPS) is 17.7. The topological polar surface area (TPSA) is 90.2 Å². The van der Waals surface area contributed by atoms with Crippen molar-refractivity contribution in [3.05, 3.63) is 51.7 Å². The maximum absolute atomic E-state index is 12.6. The quantitative estimate of drug-likeness (QED) is 0.790. The van der Waals surface area contributed by atoms with Crippen LogP contribution in [0.5, 0.6) is 0 Å². The van der Waals surface area contributed by atoms with Crippen molar-refractivity contribution in [1.82, 2.24) is 4.72 Å². The van der Waals surface area contributed by atoms with Crippen molar-refractivity contribution < 1.29 is 13.5 Å². The fraction of sp³-hybridized carbons (Fsp3) is 0.421. The average Bonchev–Trinajstić information content (AvgIpc) is 3.30. The van der Waals surface area contributed by atoms with Gasteiger partial charge in [-0.25, -0.2) is 13.1 Å². The van der Waals surface area contributed by atoms with Crippen LogP contribution in [0.4, 0.5) is 0 Å². The van der Waals surface area contributed by atoms with E-state index >= 15 is 0 Å². The van der Waals surface area contributed by atoms with Gasteiger partial charge in [0.05, 0.1) is 22.6 Å². The molecule has 0 aliphatic heterocycles. The third kappa shape index (κ3) is 3.84. The maximum Gasteiger partial charge on any atom is 0.240 e. The molecular formula is C19H22N2O3S2. The van der Waals surface area contributed by atoms with Gasteiger partial charge in [0, 0.05) is 21.7 Å². The Morgan fingerprint density at radius 1 is 1.23 bits per heavy atom. The Bertz CT molecular complexity index is 903. The molecule has 1 fully saturated rings. The van der Waals surface area contributed by atoms with Crippen molar-refractivity contribution in [3.8, 4) is 6.07 Å². The molecule has 1 aliphatic rings. The molecule has 7 heteroatoms. The van der Waals surface area contributed by atoms with Crippen LogP contribution in [0.15, 0.2) is 41.3 Å². The molecule has 5 nitrogen and oxygen atoms in total. The van der Waals surface area contributed by atoms with Gasteiger partial charge in [-0.05, 0) is 56.2 Å². The first-order valence-corrected chi connectivity index (χ1v) is 10.9. The number of nitrogens with one attached hydrogen (secondary N) is 1. The highest BCUT2D eigenvalue weighted by Gasteiger charge is 2.38. The number of aliphatic hydroxyl groups is 1. The van der Waals surface area contributed by atoms with Crippen LogP contribution in [-0.2, 0) is 15.4 Å². The monoisotopic (exact) mass is 390 g/mol. The molecule has 0 saturated heterocycles.